The molecule has 2 saturated heterocycles. The first-order chi connectivity index (χ1) is 34.1. The van der Waals surface area contributed by atoms with Gasteiger partial charge in [-0.3, -0.25) is 19.8 Å². The fourth-order valence-electron chi connectivity index (χ4n) is 11.9. The van der Waals surface area contributed by atoms with Gasteiger partial charge < -0.3 is 39.3 Å². The van der Waals surface area contributed by atoms with E-state index in [4.69, 9.17) is 18.9 Å². The van der Waals surface area contributed by atoms with Gasteiger partial charge in [-0.25, -0.2) is 13.1 Å². The number of anilines is 2. The summed E-state index contributed by atoms with van der Waals surface area (Å²) < 4.78 is 54.2. The fraction of sp³-hybridized carbons (Fsp3) is 0.509. The lowest BCUT2D eigenvalue weighted by molar-refractivity contribution is -0.384. The quantitative estimate of drug-likeness (QED) is 0.0438. The van der Waals surface area contributed by atoms with Crippen LogP contribution in [0.2, 0.25) is 0 Å². The zero-order chi connectivity index (χ0) is 49.7. The molecular weight excluding hydrogens is 927 g/mol. The third kappa shape index (κ3) is 10.00. The average molecular weight is 992 g/mol. The fourth-order valence-corrected chi connectivity index (χ4v) is 12.9. The van der Waals surface area contributed by atoms with E-state index in [-0.39, 0.29) is 71.6 Å². The second-order valence-electron chi connectivity index (χ2n) is 21.0. The van der Waals surface area contributed by atoms with Crippen LogP contribution in [0.1, 0.15) is 118 Å². The number of amides is 1. The van der Waals surface area contributed by atoms with Gasteiger partial charge >= 0.3 is 0 Å². The smallest absolute Gasteiger partial charge is 0.297 e. The van der Waals surface area contributed by atoms with Crippen molar-refractivity contribution in [3.63, 3.8) is 0 Å². The summed E-state index contributed by atoms with van der Waals surface area (Å²) in [5, 5.41) is 26.9. The van der Waals surface area contributed by atoms with Crippen molar-refractivity contribution in [1.82, 2.24) is 19.6 Å². The molecule has 5 heterocycles. The molecule has 10 rings (SSSR count). The number of pyridine rings is 1. The number of carbonyl (C=O) groups excluding carboxylic acids is 1. The molecule has 1 amide bonds. The van der Waals surface area contributed by atoms with Gasteiger partial charge in [0.25, 0.3) is 27.5 Å². The number of benzene rings is 3. The summed E-state index contributed by atoms with van der Waals surface area (Å²) in [6.07, 6.45) is 11.1. The molecule has 18 heteroatoms. The summed E-state index contributed by atoms with van der Waals surface area (Å²) in [5.41, 5.74) is 3.27. The number of piperidine rings is 1. The minimum atomic E-state index is -4.72. The number of fused-ring (bicyclic) bond motifs is 2. The van der Waals surface area contributed by atoms with E-state index >= 15 is 0 Å². The predicted octanol–water partition coefficient (Wildman–Crippen LogP) is 9.23. The molecule has 0 bridgehead atoms. The van der Waals surface area contributed by atoms with E-state index in [1.54, 1.807) is 44.5 Å². The minimum Gasteiger partial charge on any atom is -0.489 e. The SMILES string of the molecule is COCCOc1nc2[nH]ccc2cc1Oc1cc(N2CCC3(CC2)CC(N2CCC[C@@H]2c2ccccc2C(C)C)C3)ccc1C(=O)NS(=O)(=O)c1cc2c(c([N+](=O)[O-])c1)N[C@@H](C1CCC(C)(O)CC1)CO2. The summed E-state index contributed by atoms with van der Waals surface area (Å²) in [7, 11) is -3.16. The third-order valence-electron chi connectivity index (χ3n) is 15.9. The van der Waals surface area contributed by atoms with E-state index in [0.717, 1.165) is 49.6 Å². The Balaban J connectivity index is 0.889. The molecule has 4 fully saturated rings. The van der Waals surface area contributed by atoms with Crippen LogP contribution in [0.25, 0.3) is 11.0 Å². The number of methoxy groups -OCH3 is 1. The average Bonchev–Trinajstić information content (AvgIpc) is 4.02. The normalized spacial score (nSPS) is 23.5. The number of H-pyrrole nitrogens is 1. The summed E-state index contributed by atoms with van der Waals surface area (Å²) in [6, 6.07) is 20.5. The van der Waals surface area contributed by atoms with E-state index in [0.29, 0.717) is 49.3 Å². The molecule has 378 valence electrons. The molecule has 5 aromatic rings. The maximum atomic E-state index is 14.4. The number of ether oxygens (including phenoxy) is 4. The largest absolute Gasteiger partial charge is 0.489 e. The van der Waals surface area contributed by atoms with Crippen LogP contribution in [-0.2, 0) is 14.8 Å². The number of hydrogen-bond donors (Lipinski definition) is 4. The number of nitro groups is 1. The van der Waals surface area contributed by atoms with E-state index in [2.05, 4.69) is 67.9 Å². The molecule has 71 heavy (non-hydrogen) atoms. The van der Waals surface area contributed by atoms with Gasteiger partial charge in [-0.2, -0.15) is 4.98 Å². The molecule has 3 aromatic carbocycles. The lowest BCUT2D eigenvalue weighted by Gasteiger charge is -2.56. The lowest BCUT2D eigenvalue weighted by atomic mass is 9.59. The molecule has 3 aliphatic heterocycles. The van der Waals surface area contributed by atoms with Crippen molar-refractivity contribution in [2.45, 2.75) is 120 Å². The number of aromatic amines is 1. The Kier molecular flexibility index (Phi) is 13.4. The molecule has 4 N–H and O–H groups in total. The van der Waals surface area contributed by atoms with Crippen molar-refractivity contribution in [3.05, 3.63) is 99.7 Å². The minimum absolute atomic E-state index is 0.0125. The van der Waals surface area contributed by atoms with Crippen LogP contribution < -0.4 is 29.1 Å². The molecule has 5 aliphatic rings. The van der Waals surface area contributed by atoms with E-state index in [9.17, 15) is 28.4 Å². The molecule has 2 aliphatic carbocycles. The number of hydrogen-bond acceptors (Lipinski definition) is 14. The van der Waals surface area contributed by atoms with Crippen LogP contribution in [0.4, 0.5) is 17.1 Å². The predicted molar refractivity (Wildman–Crippen MR) is 269 cm³/mol. The van der Waals surface area contributed by atoms with Crippen molar-refractivity contribution in [3.8, 4) is 23.1 Å². The van der Waals surface area contributed by atoms with Gasteiger partial charge in [0.1, 0.15) is 24.6 Å². The maximum absolute atomic E-state index is 14.4. The summed E-state index contributed by atoms with van der Waals surface area (Å²) in [5.74, 6) is -0.0484. The van der Waals surface area contributed by atoms with Crippen LogP contribution in [0, 0.1) is 21.4 Å². The van der Waals surface area contributed by atoms with Gasteiger partial charge in [0.05, 0.1) is 33.6 Å². The standard InChI is InChI=1S/C53H65N7O10S/c1-33(2)39-8-5-6-9-40(39)43-10-7-21-59(43)37-30-53(31-37)18-22-58(23-19-53)36-11-12-41(45(27-36)70-47-26-35-15-20-54-49(35)56-51(47)68-25-24-67-4)50(61)57-71(65,66)38-28-44(60(63)64)48-46(29-38)69-32-42(55-48)34-13-16-52(3,62)17-14-34/h5-6,8-9,11-12,15,20,26-29,33-34,37,42-43,55,62H,7,10,13-14,16-19,21-25,30-32H2,1-4H3,(H,54,56)(H,57,61)/t34?,42-,43-,52?/m1/s1. The third-order valence-corrected chi connectivity index (χ3v) is 17.2. The number of likely N-dealkylation sites (tertiary alicyclic amines) is 1. The number of nitro benzene ring substituents is 1. The first-order valence-electron chi connectivity index (χ1n) is 25.1. The highest BCUT2D eigenvalue weighted by atomic mass is 32.2. The second kappa shape index (κ2) is 19.6. The first-order valence-corrected chi connectivity index (χ1v) is 26.6. The van der Waals surface area contributed by atoms with Gasteiger partial charge in [0, 0.05) is 67.8 Å². The summed E-state index contributed by atoms with van der Waals surface area (Å²) in [4.78, 5) is 38.4. The van der Waals surface area contributed by atoms with Crippen molar-refractivity contribution in [2.24, 2.45) is 11.3 Å². The number of sulfonamides is 1. The first kappa shape index (κ1) is 48.7. The molecule has 0 unspecified atom stereocenters. The Bertz CT molecular complexity index is 2900. The van der Waals surface area contributed by atoms with Crippen molar-refractivity contribution < 1.29 is 42.2 Å². The van der Waals surface area contributed by atoms with Gasteiger partial charge in [-0.1, -0.05) is 38.1 Å². The second-order valence-corrected chi connectivity index (χ2v) is 22.6. The molecule has 0 radical (unpaired) electrons. The van der Waals surface area contributed by atoms with Crippen molar-refractivity contribution in [2.75, 3.05) is 56.8 Å². The Hall–Kier alpha value is -5.95. The molecule has 2 saturated carbocycles. The Morgan fingerprint density at radius 3 is 2.52 bits per heavy atom. The van der Waals surface area contributed by atoms with Gasteiger partial charge in [0.2, 0.25) is 0 Å². The highest BCUT2D eigenvalue weighted by molar-refractivity contribution is 7.90. The molecule has 2 atom stereocenters. The number of nitrogens with zero attached hydrogens (tertiary/aromatic N) is 4. The van der Waals surface area contributed by atoms with E-state index < -0.39 is 37.0 Å². The summed E-state index contributed by atoms with van der Waals surface area (Å²) >= 11 is 0. The van der Waals surface area contributed by atoms with E-state index in [1.165, 1.54) is 42.9 Å². The number of nitrogens with one attached hydrogen (secondary N) is 3. The maximum Gasteiger partial charge on any atom is 0.297 e. The molecule has 17 nitrogen and oxygen atoms in total. The number of aliphatic hydroxyl groups is 1. The highest BCUT2D eigenvalue weighted by Gasteiger charge is 2.50. The van der Waals surface area contributed by atoms with Gasteiger partial charge in [-0.15, -0.1) is 0 Å². The molecular formula is C53H65N7O10S. The zero-order valence-corrected chi connectivity index (χ0v) is 41.8. The van der Waals surface area contributed by atoms with E-state index in [1.807, 2.05) is 6.07 Å². The monoisotopic (exact) mass is 991 g/mol. The van der Waals surface area contributed by atoms with Gasteiger partial charge in [-0.05, 0) is 130 Å². The van der Waals surface area contributed by atoms with Crippen LogP contribution in [0.3, 0.4) is 0 Å². The van der Waals surface area contributed by atoms with Gasteiger partial charge in [0.15, 0.2) is 17.2 Å². The zero-order valence-electron chi connectivity index (χ0n) is 40.9. The topological polar surface area (TPSA) is 211 Å². The van der Waals surface area contributed by atoms with Crippen LogP contribution in [0.5, 0.6) is 23.1 Å². The Morgan fingerprint density at radius 1 is 1.00 bits per heavy atom. The van der Waals surface area contributed by atoms with Crippen molar-refractivity contribution in [1.29, 1.82) is 0 Å². The van der Waals surface area contributed by atoms with Crippen LogP contribution in [-0.4, -0.2) is 103 Å². The lowest BCUT2D eigenvalue weighted by Crippen LogP contribution is -2.54. The summed E-state index contributed by atoms with van der Waals surface area (Å²) in [6.45, 7) is 9.68. The Morgan fingerprint density at radius 2 is 1.77 bits per heavy atom. The van der Waals surface area contributed by atoms with Crippen LogP contribution in [0.15, 0.2) is 77.8 Å². The highest BCUT2D eigenvalue weighted by Crippen LogP contribution is 2.54. The number of carbonyl (C=O) groups is 1. The van der Waals surface area contributed by atoms with Crippen molar-refractivity contribution >= 4 is 44.0 Å². The Labute approximate surface area is 414 Å². The molecule has 1 spiro atoms. The van der Waals surface area contributed by atoms with Crippen LogP contribution >= 0.6 is 0 Å². The number of rotatable bonds is 15. The molecule has 2 aromatic heterocycles. The number of aromatic nitrogens is 2.